The number of H-pyrrole nitrogens is 1. The molecule has 0 saturated carbocycles. The van der Waals surface area contributed by atoms with Crippen molar-refractivity contribution in [2.75, 3.05) is 39.4 Å². The Balaban J connectivity index is 1.37. The number of ether oxygens (including phenoxy) is 2. The molecule has 5 rings (SSSR count). The molecule has 1 atom stereocenters. The van der Waals surface area contributed by atoms with Crippen LogP contribution in [0.15, 0.2) is 42.5 Å². The number of halogens is 1. The van der Waals surface area contributed by atoms with Crippen molar-refractivity contribution < 1.29 is 14.3 Å². The van der Waals surface area contributed by atoms with Crippen LogP contribution in [0.4, 0.5) is 4.79 Å². The molecule has 2 aliphatic rings. The second-order valence-corrected chi connectivity index (χ2v) is 9.51. The van der Waals surface area contributed by atoms with Crippen LogP contribution in [-0.2, 0) is 11.2 Å². The highest BCUT2D eigenvalue weighted by Gasteiger charge is 2.35. The Morgan fingerprint density at radius 3 is 2.68 bits per heavy atom. The van der Waals surface area contributed by atoms with Gasteiger partial charge < -0.3 is 19.4 Å². The number of benzene rings is 2. The monoisotopic (exact) mass is 481 g/mol. The van der Waals surface area contributed by atoms with Crippen LogP contribution >= 0.6 is 11.6 Å². The number of hydrogen-bond acceptors (Lipinski definition) is 4. The van der Waals surface area contributed by atoms with E-state index in [9.17, 15) is 4.79 Å². The fourth-order valence-electron chi connectivity index (χ4n) is 5.24. The van der Waals surface area contributed by atoms with Crippen molar-refractivity contribution in [1.82, 2.24) is 14.8 Å². The first-order chi connectivity index (χ1) is 16.6. The summed E-state index contributed by atoms with van der Waals surface area (Å²) >= 11 is 6.28. The van der Waals surface area contributed by atoms with Crippen molar-refractivity contribution in [2.45, 2.75) is 38.6 Å². The number of carbonyl (C=O) groups is 1. The zero-order valence-electron chi connectivity index (χ0n) is 19.7. The molecule has 1 amide bonds. The summed E-state index contributed by atoms with van der Waals surface area (Å²) in [6.45, 7) is 7.02. The second-order valence-electron chi connectivity index (χ2n) is 9.07. The Morgan fingerprint density at radius 1 is 1.12 bits per heavy atom. The first-order valence-corrected chi connectivity index (χ1v) is 12.7. The summed E-state index contributed by atoms with van der Waals surface area (Å²) in [6.07, 6.45) is 4.12. The third-order valence-corrected chi connectivity index (χ3v) is 7.11. The fourth-order valence-corrected chi connectivity index (χ4v) is 5.41. The van der Waals surface area contributed by atoms with Gasteiger partial charge in [-0.05, 0) is 87.2 Å². The number of aromatic nitrogens is 1. The Bertz CT molecular complexity index is 1140. The summed E-state index contributed by atoms with van der Waals surface area (Å²) in [5.74, 6) is 0.854. The van der Waals surface area contributed by atoms with Gasteiger partial charge in [0, 0.05) is 34.7 Å². The van der Waals surface area contributed by atoms with E-state index in [-0.39, 0.29) is 12.1 Å². The maximum Gasteiger partial charge on any atom is 0.410 e. The van der Waals surface area contributed by atoms with Crippen LogP contribution in [0, 0.1) is 0 Å². The number of carbonyl (C=O) groups excluding carboxylic acids is 1. The van der Waals surface area contributed by atoms with Gasteiger partial charge in [-0.2, -0.15) is 0 Å². The molecule has 6 nitrogen and oxygen atoms in total. The van der Waals surface area contributed by atoms with Crippen molar-refractivity contribution in [3.8, 4) is 5.75 Å². The lowest BCUT2D eigenvalue weighted by Gasteiger charge is -2.35. The number of fused-ring (bicyclic) bond motifs is 3. The molecule has 3 heterocycles. The van der Waals surface area contributed by atoms with Crippen LogP contribution in [0.1, 0.15) is 49.0 Å². The molecule has 1 aromatic heterocycles. The predicted molar refractivity (Wildman–Crippen MR) is 135 cm³/mol. The molecular formula is C27H32ClN3O3. The van der Waals surface area contributed by atoms with Crippen LogP contribution in [0.25, 0.3) is 10.9 Å². The molecule has 2 aromatic carbocycles. The summed E-state index contributed by atoms with van der Waals surface area (Å²) in [5.41, 5.74) is 4.29. The van der Waals surface area contributed by atoms with Crippen molar-refractivity contribution >= 4 is 28.6 Å². The zero-order chi connectivity index (χ0) is 23.5. The molecule has 7 heteroatoms. The van der Waals surface area contributed by atoms with E-state index in [0.717, 1.165) is 47.3 Å². The molecule has 2 aliphatic heterocycles. The van der Waals surface area contributed by atoms with Crippen LogP contribution < -0.4 is 4.74 Å². The average Bonchev–Trinajstić information content (AvgIpc) is 3.49. The lowest BCUT2D eigenvalue weighted by Crippen LogP contribution is -2.40. The summed E-state index contributed by atoms with van der Waals surface area (Å²) in [7, 11) is 0. The maximum absolute atomic E-state index is 12.9. The molecule has 0 bridgehead atoms. The topological polar surface area (TPSA) is 57.8 Å². The predicted octanol–water partition coefficient (Wildman–Crippen LogP) is 5.79. The molecule has 1 fully saturated rings. The molecule has 180 valence electrons. The molecule has 0 radical (unpaired) electrons. The second kappa shape index (κ2) is 10.3. The highest BCUT2D eigenvalue weighted by Crippen LogP contribution is 2.39. The van der Waals surface area contributed by atoms with Gasteiger partial charge in [-0.1, -0.05) is 23.7 Å². The summed E-state index contributed by atoms with van der Waals surface area (Å²) in [4.78, 5) is 20.7. The van der Waals surface area contributed by atoms with Crippen molar-refractivity contribution in [2.24, 2.45) is 0 Å². The van der Waals surface area contributed by atoms with E-state index >= 15 is 0 Å². The van der Waals surface area contributed by atoms with Crippen LogP contribution in [0.2, 0.25) is 5.02 Å². The third kappa shape index (κ3) is 4.75. The van der Waals surface area contributed by atoms with Crippen molar-refractivity contribution in [1.29, 1.82) is 0 Å². The van der Waals surface area contributed by atoms with Gasteiger partial charge in [0.15, 0.2) is 0 Å². The minimum absolute atomic E-state index is 0.252. The van der Waals surface area contributed by atoms with E-state index < -0.39 is 0 Å². The quantitative estimate of drug-likeness (QED) is 0.434. The van der Waals surface area contributed by atoms with Gasteiger partial charge in [0.05, 0.1) is 13.2 Å². The smallest absolute Gasteiger partial charge is 0.410 e. The van der Waals surface area contributed by atoms with E-state index in [2.05, 4.69) is 22.0 Å². The van der Waals surface area contributed by atoms with Crippen molar-refractivity contribution in [3.63, 3.8) is 0 Å². The first-order valence-electron chi connectivity index (χ1n) is 12.3. The average molecular weight is 482 g/mol. The minimum atomic E-state index is -0.294. The van der Waals surface area contributed by atoms with Gasteiger partial charge in [0.25, 0.3) is 0 Å². The van der Waals surface area contributed by atoms with E-state index in [4.69, 9.17) is 21.1 Å². The Hall–Kier alpha value is -2.70. The highest BCUT2D eigenvalue weighted by molar-refractivity contribution is 6.31. The Labute approximate surface area is 205 Å². The summed E-state index contributed by atoms with van der Waals surface area (Å²) in [6, 6.07) is 13.8. The maximum atomic E-state index is 12.9. The number of nitrogens with one attached hydrogen (secondary N) is 1. The summed E-state index contributed by atoms with van der Waals surface area (Å²) < 4.78 is 11.4. The lowest BCUT2D eigenvalue weighted by molar-refractivity contribution is 0.0932. The fraction of sp³-hybridized carbons (Fsp3) is 0.444. The molecule has 1 N–H and O–H groups in total. The minimum Gasteiger partial charge on any atom is -0.494 e. The largest absolute Gasteiger partial charge is 0.494 e. The number of hydrogen-bond donors (Lipinski definition) is 1. The van der Waals surface area contributed by atoms with Gasteiger partial charge >= 0.3 is 6.09 Å². The molecule has 0 aliphatic carbocycles. The molecule has 34 heavy (non-hydrogen) atoms. The van der Waals surface area contributed by atoms with E-state index in [1.807, 2.05) is 42.2 Å². The standard InChI is InChI=1S/C27H32ClN3O3/c1-2-33-27(32)31-16-12-22-23-18-20(28)8-11-24(23)29-25(22)26(31)19-6-9-21(10-7-19)34-17-5-15-30-13-3-4-14-30/h6-11,18,26,29H,2-5,12-17H2,1H3. The van der Waals surface area contributed by atoms with Crippen LogP contribution in [0.3, 0.4) is 0 Å². The molecule has 1 unspecified atom stereocenters. The first kappa shape index (κ1) is 23.1. The third-order valence-electron chi connectivity index (χ3n) is 6.87. The molecule has 1 saturated heterocycles. The summed E-state index contributed by atoms with van der Waals surface area (Å²) in [5, 5.41) is 1.83. The SMILES string of the molecule is CCOC(=O)N1CCc2c([nH]c3ccc(Cl)cc23)C1c1ccc(OCCCN2CCCC2)cc1. The van der Waals surface area contributed by atoms with Crippen LogP contribution in [0.5, 0.6) is 5.75 Å². The number of aromatic amines is 1. The zero-order valence-corrected chi connectivity index (χ0v) is 20.4. The molecule has 3 aromatic rings. The molecule has 0 spiro atoms. The number of nitrogens with zero attached hydrogens (tertiary/aromatic N) is 2. The van der Waals surface area contributed by atoms with Gasteiger partial charge in [0.2, 0.25) is 0 Å². The lowest BCUT2D eigenvalue weighted by atomic mass is 9.92. The molecular weight excluding hydrogens is 450 g/mol. The van der Waals surface area contributed by atoms with Crippen molar-refractivity contribution in [3.05, 3.63) is 64.3 Å². The number of likely N-dealkylation sites (tertiary alicyclic amines) is 1. The Kier molecular flexibility index (Phi) is 6.97. The van der Waals surface area contributed by atoms with Gasteiger partial charge in [-0.25, -0.2) is 4.79 Å². The highest BCUT2D eigenvalue weighted by atomic mass is 35.5. The van der Waals surface area contributed by atoms with E-state index in [0.29, 0.717) is 24.8 Å². The van der Waals surface area contributed by atoms with Crippen LogP contribution in [-0.4, -0.2) is 60.3 Å². The number of amides is 1. The van der Waals surface area contributed by atoms with Gasteiger partial charge in [0.1, 0.15) is 11.8 Å². The van der Waals surface area contributed by atoms with E-state index in [1.165, 1.54) is 31.5 Å². The van der Waals surface area contributed by atoms with Gasteiger partial charge in [-0.3, -0.25) is 4.90 Å². The van der Waals surface area contributed by atoms with Gasteiger partial charge in [-0.15, -0.1) is 0 Å². The normalized spacial score (nSPS) is 18.3. The van der Waals surface area contributed by atoms with E-state index in [1.54, 1.807) is 0 Å². The number of rotatable bonds is 7. The Morgan fingerprint density at radius 2 is 1.91 bits per heavy atom.